The molecule has 1 saturated heterocycles. The van der Waals surface area contributed by atoms with Gasteiger partial charge >= 0.3 is 5.97 Å². The molecule has 188 valence electrons. The van der Waals surface area contributed by atoms with E-state index in [0.29, 0.717) is 17.9 Å². The monoisotopic (exact) mass is 490 g/mol. The van der Waals surface area contributed by atoms with Crippen LogP contribution in [-0.4, -0.2) is 54.0 Å². The van der Waals surface area contributed by atoms with Crippen LogP contribution < -0.4 is 10.2 Å². The highest BCUT2D eigenvalue weighted by molar-refractivity contribution is 5.95. The van der Waals surface area contributed by atoms with Gasteiger partial charge in [-0.05, 0) is 49.2 Å². The summed E-state index contributed by atoms with van der Waals surface area (Å²) in [5, 5.41) is 2.77. The molecule has 2 heterocycles. The summed E-state index contributed by atoms with van der Waals surface area (Å²) < 4.78 is 19.1. The highest BCUT2D eigenvalue weighted by Gasteiger charge is 2.23. The third-order valence-corrected chi connectivity index (χ3v) is 6.02. The summed E-state index contributed by atoms with van der Waals surface area (Å²) in [7, 11) is 0. The van der Waals surface area contributed by atoms with Gasteiger partial charge in [0.25, 0.3) is 5.91 Å². The first-order valence-electron chi connectivity index (χ1n) is 12.1. The lowest BCUT2D eigenvalue weighted by Crippen LogP contribution is -2.46. The number of nitrogens with zero attached hydrogens (tertiary/aromatic N) is 3. The number of benzene rings is 2. The molecule has 0 atom stereocenters. The Kier molecular flexibility index (Phi) is 8.28. The van der Waals surface area contributed by atoms with Crippen LogP contribution in [0, 0.1) is 5.82 Å². The maximum atomic E-state index is 13.8. The van der Waals surface area contributed by atoms with Gasteiger partial charge in [0.15, 0.2) is 0 Å². The second-order valence-corrected chi connectivity index (χ2v) is 9.07. The lowest BCUT2D eigenvalue weighted by molar-refractivity contribution is 0.0378. The van der Waals surface area contributed by atoms with E-state index in [9.17, 15) is 14.0 Å². The first-order chi connectivity index (χ1) is 17.4. The minimum absolute atomic E-state index is 0.0444. The second-order valence-electron chi connectivity index (χ2n) is 9.07. The Hall–Kier alpha value is -3.78. The number of rotatable bonds is 8. The average Bonchev–Trinajstić information content (AvgIpc) is 2.88. The predicted molar refractivity (Wildman–Crippen MR) is 136 cm³/mol. The Labute approximate surface area is 210 Å². The zero-order valence-corrected chi connectivity index (χ0v) is 20.6. The number of piperazine rings is 1. The standard InChI is InChI=1S/C28H31FN4O3/c1-20(2)36-28(35)24-7-5-13-30-26(24)33-16-14-32(15-17-33)19-22-11-9-21(10-12-22)18-31-27(34)23-6-3-4-8-25(23)29/h3-13,20H,14-19H2,1-2H3,(H,31,34). The molecule has 0 spiro atoms. The van der Waals surface area contributed by atoms with E-state index in [4.69, 9.17) is 4.74 Å². The quantitative estimate of drug-likeness (QED) is 0.481. The first kappa shape index (κ1) is 25.3. The van der Waals surface area contributed by atoms with Crippen LogP contribution >= 0.6 is 0 Å². The summed E-state index contributed by atoms with van der Waals surface area (Å²) in [6.07, 6.45) is 1.52. The lowest BCUT2D eigenvalue weighted by atomic mass is 10.1. The number of aromatic nitrogens is 1. The zero-order chi connectivity index (χ0) is 25.5. The number of ether oxygens (including phenoxy) is 1. The van der Waals surface area contributed by atoms with Crippen molar-refractivity contribution >= 4 is 17.7 Å². The van der Waals surface area contributed by atoms with Crippen molar-refractivity contribution in [2.24, 2.45) is 0 Å². The molecule has 0 saturated carbocycles. The van der Waals surface area contributed by atoms with Gasteiger partial charge in [0.2, 0.25) is 0 Å². The first-order valence-corrected chi connectivity index (χ1v) is 12.1. The third-order valence-electron chi connectivity index (χ3n) is 6.02. The maximum Gasteiger partial charge on any atom is 0.342 e. The molecule has 36 heavy (non-hydrogen) atoms. The Balaban J connectivity index is 1.28. The van der Waals surface area contributed by atoms with Crippen LogP contribution in [-0.2, 0) is 17.8 Å². The minimum Gasteiger partial charge on any atom is -0.459 e. The summed E-state index contributed by atoms with van der Waals surface area (Å²) in [5.41, 5.74) is 2.66. The molecule has 1 amide bonds. The number of halogens is 1. The molecule has 7 nitrogen and oxygen atoms in total. The molecular formula is C28H31FN4O3. The number of carbonyl (C=O) groups is 2. The van der Waals surface area contributed by atoms with Gasteiger partial charge in [-0.3, -0.25) is 9.69 Å². The van der Waals surface area contributed by atoms with Gasteiger partial charge in [-0.25, -0.2) is 14.2 Å². The van der Waals surface area contributed by atoms with E-state index in [0.717, 1.165) is 38.3 Å². The average molecular weight is 491 g/mol. The van der Waals surface area contributed by atoms with Crippen molar-refractivity contribution < 1.29 is 18.7 Å². The van der Waals surface area contributed by atoms with Crippen molar-refractivity contribution in [3.05, 3.63) is 94.9 Å². The van der Waals surface area contributed by atoms with E-state index >= 15 is 0 Å². The Morgan fingerprint density at radius 2 is 1.61 bits per heavy atom. The van der Waals surface area contributed by atoms with Gasteiger partial charge in [-0.1, -0.05) is 36.4 Å². The van der Waals surface area contributed by atoms with E-state index < -0.39 is 11.7 Å². The number of nitrogens with one attached hydrogen (secondary N) is 1. The van der Waals surface area contributed by atoms with E-state index in [1.807, 2.05) is 26.0 Å². The number of amides is 1. The summed E-state index contributed by atoms with van der Waals surface area (Å²) in [5.74, 6) is -0.630. The Morgan fingerprint density at radius 3 is 2.31 bits per heavy atom. The highest BCUT2D eigenvalue weighted by Crippen LogP contribution is 2.21. The SMILES string of the molecule is CC(C)OC(=O)c1cccnc1N1CCN(Cc2ccc(CNC(=O)c3ccccc3F)cc2)CC1. The lowest BCUT2D eigenvalue weighted by Gasteiger charge is -2.36. The summed E-state index contributed by atoms with van der Waals surface area (Å²) >= 11 is 0. The number of hydrogen-bond acceptors (Lipinski definition) is 6. The van der Waals surface area contributed by atoms with Crippen molar-refractivity contribution in [2.75, 3.05) is 31.1 Å². The second kappa shape index (κ2) is 11.8. The number of hydrogen-bond donors (Lipinski definition) is 1. The van der Waals surface area contributed by atoms with E-state index in [2.05, 4.69) is 32.2 Å². The number of esters is 1. The molecule has 4 rings (SSSR count). The van der Waals surface area contributed by atoms with Crippen LogP contribution in [0.15, 0.2) is 66.9 Å². The topological polar surface area (TPSA) is 74.8 Å². The van der Waals surface area contributed by atoms with E-state index in [1.165, 1.54) is 17.7 Å². The van der Waals surface area contributed by atoms with Crippen molar-refractivity contribution in [2.45, 2.75) is 33.0 Å². The molecule has 0 unspecified atom stereocenters. The summed E-state index contributed by atoms with van der Waals surface area (Å²) in [6, 6.07) is 17.5. The van der Waals surface area contributed by atoms with Crippen molar-refractivity contribution in [1.29, 1.82) is 0 Å². The van der Waals surface area contributed by atoms with E-state index in [-0.39, 0.29) is 17.6 Å². The molecule has 3 aromatic rings. The normalized spacial score (nSPS) is 14.1. The van der Waals surface area contributed by atoms with Crippen LogP contribution in [0.25, 0.3) is 0 Å². The van der Waals surface area contributed by atoms with Crippen LogP contribution in [0.1, 0.15) is 45.7 Å². The smallest absolute Gasteiger partial charge is 0.342 e. The van der Waals surface area contributed by atoms with Crippen molar-refractivity contribution in [3.63, 3.8) is 0 Å². The van der Waals surface area contributed by atoms with E-state index in [1.54, 1.807) is 30.5 Å². The third kappa shape index (κ3) is 6.46. The molecule has 1 aliphatic rings. The highest BCUT2D eigenvalue weighted by atomic mass is 19.1. The van der Waals surface area contributed by atoms with Crippen molar-refractivity contribution in [3.8, 4) is 0 Å². The summed E-state index contributed by atoms with van der Waals surface area (Å²) in [4.78, 5) is 33.6. The fourth-order valence-corrected chi connectivity index (χ4v) is 4.15. The summed E-state index contributed by atoms with van der Waals surface area (Å²) in [6.45, 7) is 8.02. The number of pyridine rings is 1. The zero-order valence-electron chi connectivity index (χ0n) is 20.6. The Bertz CT molecular complexity index is 1190. The molecular weight excluding hydrogens is 459 g/mol. The van der Waals surface area contributed by atoms with Crippen LogP contribution in [0.3, 0.4) is 0 Å². The molecule has 0 bridgehead atoms. The van der Waals surface area contributed by atoms with Gasteiger partial charge in [-0.2, -0.15) is 0 Å². The van der Waals surface area contributed by atoms with Gasteiger partial charge in [0.1, 0.15) is 17.2 Å². The van der Waals surface area contributed by atoms with Crippen LogP contribution in [0.5, 0.6) is 0 Å². The molecule has 1 aliphatic heterocycles. The molecule has 1 fully saturated rings. The van der Waals surface area contributed by atoms with Gasteiger partial charge in [0.05, 0.1) is 11.7 Å². The van der Waals surface area contributed by atoms with Gasteiger partial charge in [0, 0.05) is 45.5 Å². The molecule has 8 heteroatoms. The minimum atomic E-state index is -0.528. The van der Waals surface area contributed by atoms with Crippen LogP contribution in [0.4, 0.5) is 10.2 Å². The Morgan fingerprint density at radius 1 is 0.944 bits per heavy atom. The molecule has 1 aromatic heterocycles. The number of carbonyl (C=O) groups excluding carboxylic acids is 2. The molecule has 1 N–H and O–H groups in total. The maximum absolute atomic E-state index is 13.8. The van der Waals surface area contributed by atoms with Crippen molar-refractivity contribution in [1.82, 2.24) is 15.2 Å². The molecule has 0 aliphatic carbocycles. The van der Waals surface area contributed by atoms with Crippen LogP contribution in [0.2, 0.25) is 0 Å². The predicted octanol–water partition coefficient (Wildman–Crippen LogP) is 4.04. The molecule has 2 aromatic carbocycles. The largest absolute Gasteiger partial charge is 0.459 e. The fraction of sp³-hybridized carbons (Fsp3) is 0.321. The van der Waals surface area contributed by atoms with Gasteiger partial charge in [-0.15, -0.1) is 0 Å². The molecule has 0 radical (unpaired) electrons. The van der Waals surface area contributed by atoms with Gasteiger partial charge < -0.3 is 15.0 Å². The fourth-order valence-electron chi connectivity index (χ4n) is 4.15. The number of anilines is 1.